The molecule has 0 aliphatic heterocycles. The quantitative estimate of drug-likeness (QED) is 0.351. The Hall–Kier alpha value is -2.39. The number of non-ortho nitro benzene ring substituents is 1. The van der Waals surface area contributed by atoms with Gasteiger partial charge in [0.05, 0.1) is 4.92 Å². The maximum Gasteiger partial charge on any atom is 0.320 e. The number of nitro benzene ring substituents is 1. The van der Waals surface area contributed by atoms with E-state index in [4.69, 9.17) is 21.7 Å². The maximum absolute atomic E-state index is 10.1. The van der Waals surface area contributed by atoms with Crippen LogP contribution >= 0.6 is 12.4 Å². The summed E-state index contributed by atoms with van der Waals surface area (Å²) in [5, 5.41) is 26.3. The number of rotatable bonds is 5. The van der Waals surface area contributed by atoms with E-state index in [9.17, 15) is 19.7 Å². The van der Waals surface area contributed by atoms with Gasteiger partial charge in [-0.3, -0.25) is 19.7 Å². The Bertz CT molecular complexity index is 479. The molecule has 0 saturated carbocycles. The van der Waals surface area contributed by atoms with Gasteiger partial charge in [-0.2, -0.15) is 0 Å². The molecule has 0 bridgehead atoms. The smallest absolute Gasteiger partial charge is 0.320 e. The maximum atomic E-state index is 10.1. The van der Waals surface area contributed by atoms with E-state index in [0.29, 0.717) is 5.69 Å². The number of anilines is 1. The highest BCUT2D eigenvalue weighted by molar-refractivity contribution is 5.85. The van der Waals surface area contributed by atoms with E-state index in [0.717, 1.165) is 0 Å². The summed E-state index contributed by atoms with van der Waals surface area (Å²) in [5.74, 6) is -2.20. The van der Waals surface area contributed by atoms with Crippen LogP contribution in [0.25, 0.3) is 0 Å². The van der Waals surface area contributed by atoms with Crippen molar-refractivity contribution in [2.24, 2.45) is 5.73 Å². The molecule has 0 saturated heterocycles. The van der Waals surface area contributed by atoms with E-state index >= 15 is 0 Å². The van der Waals surface area contributed by atoms with Crippen molar-refractivity contribution in [1.29, 1.82) is 0 Å². The van der Waals surface area contributed by atoms with Gasteiger partial charge in [-0.25, -0.2) is 0 Å². The monoisotopic (exact) mass is 321 g/mol. The number of halogens is 1. The average Bonchev–Trinajstić information content (AvgIpc) is 2.37. The fraction of sp³-hybridized carbons (Fsp3) is 0.273. The SMILES string of the molecule is Cl.N[C@@H](CCC(=O)O)C(=O)O.Nc1ccc([N+](=O)[O-])cc1. The first-order valence-corrected chi connectivity index (χ1v) is 5.44. The summed E-state index contributed by atoms with van der Waals surface area (Å²) in [6.45, 7) is 0. The third-order valence-corrected chi connectivity index (χ3v) is 2.09. The van der Waals surface area contributed by atoms with Crippen LogP contribution in [0.5, 0.6) is 0 Å². The van der Waals surface area contributed by atoms with E-state index < -0.39 is 22.9 Å². The van der Waals surface area contributed by atoms with Crippen LogP contribution in [-0.4, -0.2) is 33.1 Å². The van der Waals surface area contributed by atoms with Crippen molar-refractivity contribution in [3.63, 3.8) is 0 Å². The fourth-order valence-electron chi connectivity index (χ4n) is 0.998. The molecule has 9 nitrogen and oxygen atoms in total. The van der Waals surface area contributed by atoms with Gasteiger partial charge < -0.3 is 21.7 Å². The summed E-state index contributed by atoms with van der Waals surface area (Å²) in [6.07, 6.45) is -0.224. The van der Waals surface area contributed by atoms with Crippen LogP contribution in [0, 0.1) is 10.1 Å². The fourth-order valence-corrected chi connectivity index (χ4v) is 0.998. The number of aliphatic carboxylic acids is 2. The zero-order valence-corrected chi connectivity index (χ0v) is 11.7. The number of hydrogen-bond acceptors (Lipinski definition) is 6. The first-order valence-electron chi connectivity index (χ1n) is 5.44. The van der Waals surface area contributed by atoms with Gasteiger partial charge in [-0.05, 0) is 18.6 Å². The van der Waals surface area contributed by atoms with E-state index in [1.165, 1.54) is 24.3 Å². The van der Waals surface area contributed by atoms with Gasteiger partial charge in [0.1, 0.15) is 6.04 Å². The average molecular weight is 322 g/mol. The highest BCUT2D eigenvalue weighted by Crippen LogP contribution is 2.12. The summed E-state index contributed by atoms with van der Waals surface area (Å²) in [4.78, 5) is 29.5. The van der Waals surface area contributed by atoms with E-state index in [2.05, 4.69) is 0 Å². The molecule has 0 radical (unpaired) electrons. The molecule has 0 fully saturated rings. The minimum atomic E-state index is -1.17. The Kier molecular flexibility index (Phi) is 10.4. The molecule has 1 aromatic rings. The summed E-state index contributed by atoms with van der Waals surface area (Å²) in [6, 6.07) is 4.68. The lowest BCUT2D eigenvalue weighted by Gasteiger charge is -2.01. The molecule has 1 rings (SSSR count). The molecule has 0 aromatic heterocycles. The van der Waals surface area contributed by atoms with Crippen LogP contribution in [-0.2, 0) is 9.59 Å². The lowest BCUT2D eigenvalue weighted by atomic mass is 10.2. The third kappa shape index (κ3) is 10.1. The molecule has 0 spiro atoms. The Balaban J connectivity index is 0. The topological polar surface area (TPSA) is 170 Å². The number of hydrogen-bond donors (Lipinski definition) is 4. The van der Waals surface area contributed by atoms with E-state index in [1.54, 1.807) is 0 Å². The lowest BCUT2D eigenvalue weighted by Crippen LogP contribution is -2.30. The molecule has 0 aliphatic rings. The number of carboxylic acids is 2. The molecule has 0 heterocycles. The van der Waals surface area contributed by atoms with Crippen LogP contribution in [0.3, 0.4) is 0 Å². The van der Waals surface area contributed by atoms with Gasteiger partial charge in [0, 0.05) is 24.2 Å². The molecule has 21 heavy (non-hydrogen) atoms. The predicted molar refractivity (Wildman–Crippen MR) is 77.2 cm³/mol. The Labute approximate surface area is 126 Å². The van der Waals surface area contributed by atoms with Crippen LogP contribution in [0.15, 0.2) is 24.3 Å². The number of carbonyl (C=O) groups is 2. The lowest BCUT2D eigenvalue weighted by molar-refractivity contribution is -0.384. The summed E-state index contributed by atoms with van der Waals surface area (Å²) >= 11 is 0. The Morgan fingerprint density at radius 2 is 1.71 bits per heavy atom. The summed E-state index contributed by atoms with van der Waals surface area (Å²) < 4.78 is 0. The molecular weight excluding hydrogens is 306 g/mol. The predicted octanol–water partition coefficient (Wildman–Crippen LogP) is 0.862. The zero-order valence-electron chi connectivity index (χ0n) is 10.8. The van der Waals surface area contributed by atoms with Crippen LogP contribution in [0.1, 0.15) is 12.8 Å². The molecule has 10 heteroatoms. The molecule has 0 amide bonds. The van der Waals surface area contributed by atoms with Crippen molar-refractivity contribution in [2.45, 2.75) is 18.9 Å². The second kappa shape index (κ2) is 10.4. The van der Waals surface area contributed by atoms with Crippen molar-refractivity contribution in [3.05, 3.63) is 34.4 Å². The largest absolute Gasteiger partial charge is 0.481 e. The van der Waals surface area contributed by atoms with E-state index in [1.807, 2.05) is 0 Å². The second-order valence-corrected chi connectivity index (χ2v) is 3.73. The van der Waals surface area contributed by atoms with Crippen molar-refractivity contribution in [3.8, 4) is 0 Å². The molecule has 0 aliphatic carbocycles. The van der Waals surface area contributed by atoms with Gasteiger partial charge >= 0.3 is 11.9 Å². The number of carboxylic acid groups (broad SMARTS) is 2. The van der Waals surface area contributed by atoms with Crippen molar-refractivity contribution in [2.75, 3.05) is 5.73 Å². The van der Waals surface area contributed by atoms with Crippen molar-refractivity contribution >= 4 is 35.7 Å². The molecule has 1 atom stereocenters. The minimum Gasteiger partial charge on any atom is -0.481 e. The van der Waals surface area contributed by atoms with Crippen LogP contribution in [0.4, 0.5) is 11.4 Å². The zero-order chi connectivity index (χ0) is 15.7. The normalized spacial score (nSPS) is 10.3. The molecular formula is C11H16ClN3O6. The minimum absolute atomic E-state index is 0. The number of nitrogens with zero attached hydrogens (tertiary/aromatic N) is 1. The van der Waals surface area contributed by atoms with Crippen LogP contribution in [0.2, 0.25) is 0 Å². The van der Waals surface area contributed by atoms with Crippen molar-refractivity contribution < 1.29 is 24.7 Å². The second-order valence-electron chi connectivity index (χ2n) is 3.73. The highest BCUT2D eigenvalue weighted by atomic mass is 35.5. The van der Waals surface area contributed by atoms with Crippen molar-refractivity contribution in [1.82, 2.24) is 0 Å². The first kappa shape index (κ1) is 20.9. The Morgan fingerprint density at radius 1 is 1.24 bits per heavy atom. The Morgan fingerprint density at radius 3 is 2.05 bits per heavy atom. The van der Waals surface area contributed by atoms with Gasteiger partial charge in [0.25, 0.3) is 5.69 Å². The molecule has 118 valence electrons. The summed E-state index contributed by atoms with van der Waals surface area (Å²) in [7, 11) is 0. The van der Waals surface area contributed by atoms with Gasteiger partial charge in [-0.1, -0.05) is 0 Å². The highest BCUT2D eigenvalue weighted by Gasteiger charge is 2.12. The molecule has 0 unspecified atom stereocenters. The van der Waals surface area contributed by atoms with Gasteiger partial charge in [0.15, 0.2) is 0 Å². The number of benzene rings is 1. The van der Waals surface area contributed by atoms with Gasteiger partial charge in [-0.15, -0.1) is 12.4 Å². The standard InChI is InChI=1S/C6H6N2O2.C5H9NO4.ClH/c7-5-1-3-6(4-2-5)8(9)10;6-3(5(9)10)1-2-4(7)8;/h1-4H,7H2;3H,1-2,6H2,(H,7,8)(H,9,10);1H/t;3-;/m.0./s1. The third-order valence-electron chi connectivity index (χ3n) is 2.09. The first-order chi connectivity index (χ1) is 9.23. The molecule has 1 aromatic carbocycles. The number of nitrogen functional groups attached to an aromatic ring is 1. The molecule has 6 N–H and O–H groups in total. The van der Waals surface area contributed by atoms with E-state index in [-0.39, 0.29) is 30.9 Å². The van der Waals surface area contributed by atoms with Gasteiger partial charge in [0.2, 0.25) is 0 Å². The number of nitrogens with two attached hydrogens (primary N) is 2. The van der Waals surface area contributed by atoms with Crippen LogP contribution < -0.4 is 11.5 Å². The summed E-state index contributed by atoms with van der Waals surface area (Å²) in [5.41, 5.74) is 10.9. The number of nitro groups is 1.